The first-order valence-electron chi connectivity index (χ1n) is 11.3. The average Bonchev–Trinajstić information content (AvgIpc) is 2.74. The molecule has 0 saturated heterocycles. The lowest BCUT2D eigenvalue weighted by Crippen LogP contribution is -2.11. The van der Waals surface area contributed by atoms with Crippen molar-refractivity contribution in [1.29, 1.82) is 0 Å². The SMILES string of the molecule is Cc1ccc(CCc2ccc(-c3ccc(C4CCC(C)CC4)c(C)c3)cc2)cc1. The van der Waals surface area contributed by atoms with Gasteiger partial charge in [-0.25, -0.2) is 0 Å². The number of hydrogen-bond donors (Lipinski definition) is 0. The molecule has 1 saturated carbocycles. The smallest absolute Gasteiger partial charge is 0.0159 e. The Labute approximate surface area is 177 Å². The van der Waals surface area contributed by atoms with Crippen molar-refractivity contribution in [2.45, 2.75) is 65.2 Å². The van der Waals surface area contributed by atoms with Gasteiger partial charge in [-0.05, 0) is 84.7 Å². The molecule has 0 aromatic heterocycles. The van der Waals surface area contributed by atoms with Crippen LogP contribution in [0.1, 0.15) is 66.3 Å². The summed E-state index contributed by atoms with van der Waals surface area (Å²) in [4.78, 5) is 0. The molecule has 0 bridgehead atoms. The molecule has 150 valence electrons. The lowest BCUT2D eigenvalue weighted by molar-refractivity contribution is 0.347. The Bertz CT molecular complexity index is 923. The van der Waals surface area contributed by atoms with E-state index in [4.69, 9.17) is 0 Å². The minimum absolute atomic E-state index is 0.768. The fourth-order valence-electron chi connectivity index (χ4n) is 4.79. The first kappa shape index (κ1) is 20.0. The Kier molecular flexibility index (Phi) is 6.19. The van der Waals surface area contributed by atoms with Crippen LogP contribution in [-0.4, -0.2) is 0 Å². The van der Waals surface area contributed by atoms with Gasteiger partial charge in [-0.3, -0.25) is 0 Å². The normalized spacial score (nSPS) is 19.3. The van der Waals surface area contributed by atoms with Crippen LogP contribution in [0.4, 0.5) is 0 Å². The van der Waals surface area contributed by atoms with Crippen LogP contribution in [0, 0.1) is 19.8 Å². The van der Waals surface area contributed by atoms with E-state index in [1.165, 1.54) is 59.1 Å². The van der Waals surface area contributed by atoms with E-state index >= 15 is 0 Å². The molecule has 0 nitrogen and oxygen atoms in total. The van der Waals surface area contributed by atoms with E-state index in [2.05, 4.69) is 87.5 Å². The van der Waals surface area contributed by atoms with Gasteiger partial charge in [0.2, 0.25) is 0 Å². The number of rotatable bonds is 5. The number of benzene rings is 3. The van der Waals surface area contributed by atoms with Crippen LogP contribution in [0.2, 0.25) is 0 Å². The van der Waals surface area contributed by atoms with Crippen molar-refractivity contribution in [1.82, 2.24) is 0 Å². The van der Waals surface area contributed by atoms with E-state index in [-0.39, 0.29) is 0 Å². The van der Waals surface area contributed by atoms with E-state index in [9.17, 15) is 0 Å². The molecule has 1 aliphatic rings. The molecule has 0 amide bonds. The zero-order valence-corrected chi connectivity index (χ0v) is 18.2. The van der Waals surface area contributed by atoms with E-state index in [1.807, 2.05) is 0 Å². The van der Waals surface area contributed by atoms with E-state index in [0.717, 1.165) is 24.7 Å². The van der Waals surface area contributed by atoms with Gasteiger partial charge in [-0.2, -0.15) is 0 Å². The van der Waals surface area contributed by atoms with Crippen molar-refractivity contribution >= 4 is 0 Å². The Morgan fingerprint density at radius 1 is 0.655 bits per heavy atom. The minimum atomic E-state index is 0.768. The molecule has 3 aromatic carbocycles. The molecular formula is C29H34. The van der Waals surface area contributed by atoms with E-state index in [1.54, 1.807) is 5.56 Å². The minimum Gasteiger partial charge on any atom is -0.0625 e. The maximum atomic E-state index is 2.40. The molecule has 1 aliphatic carbocycles. The highest BCUT2D eigenvalue weighted by Crippen LogP contribution is 2.37. The van der Waals surface area contributed by atoms with Gasteiger partial charge in [-0.1, -0.05) is 92.1 Å². The third kappa shape index (κ3) is 4.99. The molecule has 0 N–H and O–H groups in total. The van der Waals surface area contributed by atoms with Crippen LogP contribution in [0.25, 0.3) is 11.1 Å². The van der Waals surface area contributed by atoms with Gasteiger partial charge >= 0.3 is 0 Å². The zero-order valence-electron chi connectivity index (χ0n) is 18.2. The molecule has 1 fully saturated rings. The van der Waals surface area contributed by atoms with Gasteiger partial charge in [0.1, 0.15) is 0 Å². The lowest BCUT2D eigenvalue weighted by atomic mass is 9.78. The monoisotopic (exact) mass is 382 g/mol. The number of aryl methyl sites for hydroxylation is 4. The van der Waals surface area contributed by atoms with Crippen LogP contribution in [-0.2, 0) is 12.8 Å². The predicted molar refractivity (Wildman–Crippen MR) is 126 cm³/mol. The molecular weight excluding hydrogens is 348 g/mol. The maximum Gasteiger partial charge on any atom is -0.0159 e. The summed E-state index contributed by atoms with van der Waals surface area (Å²) in [6.07, 6.45) is 7.69. The zero-order chi connectivity index (χ0) is 20.2. The summed E-state index contributed by atoms with van der Waals surface area (Å²) in [6, 6.07) is 25.2. The van der Waals surface area contributed by atoms with Crippen LogP contribution in [0.15, 0.2) is 66.7 Å². The molecule has 4 rings (SSSR count). The Morgan fingerprint density at radius 2 is 1.21 bits per heavy atom. The van der Waals surface area contributed by atoms with E-state index in [0.29, 0.717) is 0 Å². The summed E-state index contributed by atoms with van der Waals surface area (Å²) in [6.45, 7) is 6.84. The van der Waals surface area contributed by atoms with Crippen LogP contribution in [0.3, 0.4) is 0 Å². The Hall–Kier alpha value is -2.34. The average molecular weight is 383 g/mol. The van der Waals surface area contributed by atoms with Gasteiger partial charge in [0.05, 0.1) is 0 Å². The number of hydrogen-bond acceptors (Lipinski definition) is 0. The van der Waals surface area contributed by atoms with Crippen molar-refractivity contribution in [3.05, 3.63) is 94.5 Å². The van der Waals surface area contributed by atoms with Crippen LogP contribution in [0.5, 0.6) is 0 Å². The summed E-state index contributed by atoms with van der Waals surface area (Å²) < 4.78 is 0. The molecule has 0 aliphatic heterocycles. The summed E-state index contributed by atoms with van der Waals surface area (Å²) in [5.41, 5.74) is 9.89. The second-order valence-electron chi connectivity index (χ2n) is 9.21. The molecule has 3 aromatic rings. The van der Waals surface area contributed by atoms with Gasteiger partial charge in [0.15, 0.2) is 0 Å². The highest BCUT2D eigenvalue weighted by atomic mass is 14.3. The first-order valence-corrected chi connectivity index (χ1v) is 11.3. The Balaban J connectivity index is 1.42. The quantitative estimate of drug-likeness (QED) is 0.419. The van der Waals surface area contributed by atoms with Crippen molar-refractivity contribution in [3.63, 3.8) is 0 Å². The van der Waals surface area contributed by atoms with Gasteiger partial charge < -0.3 is 0 Å². The second kappa shape index (κ2) is 8.99. The maximum absolute atomic E-state index is 2.40. The summed E-state index contributed by atoms with van der Waals surface area (Å²) >= 11 is 0. The third-order valence-electron chi connectivity index (χ3n) is 6.84. The van der Waals surface area contributed by atoms with Crippen molar-refractivity contribution < 1.29 is 0 Å². The molecule has 0 atom stereocenters. The topological polar surface area (TPSA) is 0 Å². The molecule has 0 heteroatoms. The van der Waals surface area contributed by atoms with Gasteiger partial charge in [0.25, 0.3) is 0 Å². The molecule has 0 radical (unpaired) electrons. The van der Waals surface area contributed by atoms with Gasteiger partial charge in [0, 0.05) is 0 Å². The Morgan fingerprint density at radius 3 is 1.79 bits per heavy atom. The van der Waals surface area contributed by atoms with E-state index < -0.39 is 0 Å². The third-order valence-corrected chi connectivity index (χ3v) is 6.84. The van der Waals surface area contributed by atoms with Crippen molar-refractivity contribution in [2.75, 3.05) is 0 Å². The predicted octanol–water partition coefficient (Wildman–Crippen LogP) is 8.05. The molecule has 0 spiro atoms. The van der Waals surface area contributed by atoms with Gasteiger partial charge in [-0.15, -0.1) is 0 Å². The summed E-state index contributed by atoms with van der Waals surface area (Å²) in [5, 5.41) is 0. The molecule has 29 heavy (non-hydrogen) atoms. The molecule has 0 heterocycles. The largest absolute Gasteiger partial charge is 0.0625 e. The second-order valence-corrected chi connectivity index (χ2v) is 9.21. The summed E-state index contributed by atoms with van der Waals surface area (Å²) in [7, 11) is 0. The first-order chi connectivity index (χ1) is 14.1. The summed E-state index contributed by atoms with van der Waals surface area (Å²) in [5.74, 6) is 1.68. The standard InChI is InChI=1S/C29H34/c1-21-4-8-24(9-5-21)10-11-25-12-16-26(17-13-25)28-18-19-29(23(3)20-28)27-14-6-22(2)7-15-27/h4-5,8-9,12-13,16-20,22,27H,6-7,10-11,14-15H2,1-3H3. The van der Waals surface area contributed by atoms with Crippen LogP contribution < -0.4 is 0 Å². The van der Waals surface area contributed by atoms with Crippen molar-refractivity contribution in [3.8, 4) is 11.1 Å². The highest BCUT2D eigenvalue weighted by Gasteiger charge is 2.21. The van der Waals surface area contributed by atoms with Crippen molar-refractivity contribution in [2.24, 2.45) is 5.92 Å². The lowest BCUT2D eigenvalue weighted by Gasteiger charge is -2.27. The van der Waals surface area contributed by atoms with Crippen LogP contribution >= 0.6 is 0 Å². The highest BCUT2D eigenvalue weighted by molar-refractivity contribution is 5.65. The fourth-order valence-corrected chi connectivity index (χ4v) is 4.79. The molecule has 0 unspecified atom stereocenters. The fraction of sp³-hybridized carbons (Fsp3) is 0.379.